The van der Waals surface area contributed by atoms with E-state index in [1.54, 1.807) is 37.3 Å². The maximum Gasteiger partial charge on any atom is 0.338 e. The monoisotopic (exact) mass is 395 g/mol. The number of carbonyl (C=O) groups is 2. The molecule has 29 heavy (non-hydrogen) atoms. The van der Waals surface area contributed by atoms with E-state index in [0.29, 0.717) is 28.3 Å². The van der Waals surface area contributed by atoms with E-state index in [1.165, 1.54) is 12.1 Å². The molecule has 4 rings (SSSR count). The molecule has 1 aliphatic rings. The van der Waals surface area contributed by atoms with Crippen molar-refractivity contribution < 1.29 is 28.3 Å². The van der Waals surface area contributed by atoms with Gasteiger partial charge in [0.15, 0.2) is 17.6 Å². The van der Waals surface area contributed by atoms with Crippen LogP contribution in [0.1, 0.15) is 52.3 Å². The van der Waals surface area contributed by atoms with E-state index in [4.69, 9.17) is 14.4 Å². The molecular formula is C22H18FNO5. The Balaban J connectivity index is 1.45. The summed E-state index contributed by atoms with van der Waals surface area (Å²) in [7, 11) is 0. The van der Waals surface area contributed by atoms with Crippen molar-refractivity contribution in [3.05, 3.63) is 71.2 Å². The zero-order valence-corrected chi connectivity index (χ0v) is 15.6. The third-order valence-electron chi connectivity index (χ3n) is 4.82. The number of carbonyl (C=O) groups excluding carboxylic acids is 1. The van der Waals surface area contributed by atoms with Gasteiger partial charge in [-0.3, -0.25) is 4.79 Å². The Labute approximate surface area is 165 Å². The normalized spacial score (nSPS) is 14.4. The highest BCUT2D eigenvalue weighted by Gasteiger charge is 2.30. The summed E-state index contributed by atoms with van der Waals surface area (Å²) < 4.78 is 25.0. The number of halogens is 1. The van der Waals surface area contributed by atoms with Gasteiger partial charge in [0.25, 0.3) is 0 Å². The first-order valence-corrected chi connectivity index (χ1v) is 9.23. The van der Waals surface area contributed by atoms with Crippen LogP contribution >= 0.6 is 0 Å². The van der Waals surface area contributed by atoms with Crippen LogP contribution in [0.5, 0.6) is 5.75 Å². The van der Waals surface area contributed by atoms with Crippen LogP contribution in [0.25, 0.3) is 11.3 Å². The molecule has 1 N–H and O–H groups in total. The second kappa shape index (κ2) is 7.50. The molecular weight excluding hydrogens is 377 g/mol. The zero-order valence-electron chi connectivity index (χ0n) is 15.6. The van der Waals surface area contributed by atoms with Crippen molar-refractivity contribution in [1.29, 1.82) is 0 Å². The molecule has 1 aliphatic carbocycles. The van der Waals surface area contributed by atoms with E-state index in [2.05, 4.69) is 5.16 Å². The first-order chi connectivity index (χ1) is 13.9. The average molecular weight is 395 g/mol. The van der Waals surface area contributed by atoms with Gasteiger partial charge >= 0.3 is 5.97 Å². The summed E-state index contributed by atoms with van der Waals surface area (Å²) in [6.45, 7) is 1.78. The van der Waals surface area contributed by atoms with Crippen LogP contribution in [0.2, 0.25) is 0 Å². The smallest absolute Gasteiger partial charge is 0.338 e. The first-order valence-electron chi connectivity index (χ1n) is 9.23. The molecule has 1 aromatic heterocycles. The third kappa shape index (κ3) is 4.03. The van der Waals surface area contributed by atoms with Gasteiger partial charge in [-0.25, -0.2) is 9.18 Å². The second-order valence-electron chi connectivity index (χ2n) is 7.04. The van der Waals surface area contributed by atoms with Gasteiger partial charge in [0.1, 0.15) is 17.3 Å². The topological polar surface area (TPSA) is 89.6 Å². The van der Waals surface area contributed by atoms with Gasteiger partial charge in [-0.05, 0) is 56.2 Å². The van der Waals surface area contributed by atoms with E-state index in [9.17, 15) is 14.0 Å². The van der Waals surface area contributed by atoms with Gasteiger partial charge in [0.2, 0.25) is 0 Å². The number of aromatic nitrogens is 1. The van der Waals surface area contributed by atoms with E-state index in [-0.39, 0.29) is 11.7 Å². The minimum Gasteiger partial charge on any atom is -0.483 e. The fraction of sp³-hybridized carbons (Fsp3) is 0.227. The Kier molecular flexibility index (Phi) is 4.88. The predicted molar refractivity (Wildman–Crippen MR) is 101 cm³/mol. The summed E-state index contributed by atoms with van der Waals surface area (Å²) in [5.74, 6) is -0.819. The number of ketones is 1. The molecule has 3 aromatic rings. The molecule has 1 atom stereocenters. The molecule has 0 aliphatic heterocycles. The summed E-state index contributed by atoms with van der Waals surface area (Å²) in [5, 5.41) is 12.8. The van der Waals surface area contributed by atoms with Crippen molar-refractivity contribution in [1.82, 2.24) is 5.16 Å². The lowest BCUT2D eigenvalue weighted by Crippen LogP contribution is -2.03. The molecule has 2 aromatic carbocycles. The molecule has 1 unspecified atom stereocenters. The molecule has 7 heteroatoms. The lowest BCUT2D eigenvalue weighted by molar-refractivity contribution is 0.0691. The van der Waals surface area contributed by atoms with Gasteiger partial charge in [0.05, 0.1) is 5.56 Å². The summed E-state index contributed by atoms with van der Waals surface area (Å²) in [6.07, 6.45) is 1.46. The second-order valence-corrected chi connectivity index (χ2v) is 7.04. The molecule has 148 valence electrons. The lowest BCUT2D eigenvalue weighted by Gasteiger charge is -2.11. The first kappa shape index (κ1) is 18.9. The van der Waals surface area contributed by atoms with Gasteiger partial charge in [0, 0.05) is 23.1 Å². The van der Waals surface area contributed by atoms with E-state index < -0.39 is 23.5 Å². The Morgan fingerprint density at radius 1 is 1.17 bits per heavy atom. The summed E-state index contributed by atoms with van der Waals surface area (Å²) >= 11 is 0. The van der Waals surface area contributed by atoms with Gasteiger partial charge < -0.3 is 14.4 Å². The van der Waals surface area contributed by atoms with E-state index in [1.807, 2.05) is 0 Å². The molecule has 6 nitrogen and oxygen atoms in total. The Hall–Kier alpha value is -3.48. The predicted octanol–water partition coefficient (Wildman–Crippen LogP) is 4.91. The molecule has 1 fully saturated rings. The molecule has 1 heterocycles. The number of benzene rings is 2. The molecule has 1 saturated carbocycles. The van der Waals surface area contributed by atoms with Crippen molar-refractivity contribution in [2.75, 3.05) is 0 Å². The van der Waals surface area contributed by atoms with Crippen molar-refractivity contribution in [3.8, 4) is 17.0 Å². The number of Topliss-reactive ketones (excluding diaryl/α,β-unsaturated/α-hetero) is 1. The molecule has 0 amide bonds. The van der Waals surface area contributed by atoms with Gasteiger partial charge in [-0.1, -0.05) is 11.2 Å². The maximum absolute atomic E-state index is 13.9. The van der Waals surface area contributed by atoms with Crippen molar-refractivity contribution >= 4 is 11.8 Å². The highest BCUT2D eigenvalue weighted by Crippen LogP contribution is 2.33. The van der Waals surface area contributed by atoms with Crippen LogP contribution in [0.4, 0.5) is 4.39 Å². The van der Waals surface area contributed by atoms with Crippen LogP contribution in [-0.2, 0) is 0 Å². The maximum atomic E-state index is 13.9. The summed E-state index contributed by atoms with van der Waals surface area (Å²) in [5.41, 5.74) is 1.05. The Morgan fingerprint density at radius 2 is 1.90 bits per heavy atom. The lowest BCUT2D eigenvalue weighted by atomic mass is 10.1. The standard InChI is InChI=1S/C22H18FNO5/c1-12(28-16-7-4-14(5-8-16)21(25)13-2-3-13)20-11-19(24-29-20)15-6-9-17(22(26)27)18(23)10-15/h4-13H,2-3H2,1H3,(H,26,27). The number of ether oxygens (including phenoxy) is 1. The van der Waals surface area contributed by atoms with Gasteiger partial charge in [-0.15, -0.1) is 0 Å². The highest BCUT2D eigenvalue weighted by molar-refractivity contribution is 5.99. The molecule has 0 radical (unpaired) electrons. The van der Waals surface area contributed by atoms with E-state index in [0.717, 1.165) is 18.9 Å². The number of carboxylic acid groups (broad SMARTS) is 1. The molecule has 0 bridgehead atoms. The number of hydrogen-bond acceptors (Lipinski definition) is 5. The number of aromatic carboxylic acids is 1. The van der Waals surface area contributed by atoms with Crippen molar-refractivity contribution in [2.45, 2.75) is 25.9 Å². The fourth-order valence-corrected chi connectivity index (χ4v) is 3.01. The largest absolute Gasteiger partial charge is 0.483 e. The zero-order chi connectivity index (χ0) is 20.5. The van der Waals surface area contributed by atoms with Crippen LogP contribution in [0.3, 0.4) is 0 Å². The fourth-order valence-electron chi connectivity index (χ4n) is 3.01. The number of carboxylic acids is 1. The van der Waals surface area contributed by atoms with Gasteiger partial charge in [-0.2, -0.15) is 0 Å². The average Bonchev–Trinajstić information content (AvgIpc) is 3.43. The van der Waals surface area contributed by atoms with E-state index >= 15 is 0 Å². The number of rotatable bonds is 7. The third-order valence-corrected chi connectivity index (χ3v) is 4.82. The highest BCUT2D eigenvalue weighted by atomic mass is 19.1. The molecule has 0 spiro atoms. The minimum absolute atomic E-state index is 0.169. The Morgan fingerprint density at radius 3 is 2.52 bits per heavy atom. The number of hydrogen-bond donors (Lipinski definition) is 1. The minimum atomic E-state index is -1.33. The molecule has 0 saturated heterocycles. The Bertz CT molecular complexity index is 1070. The van der Waals surface area contributed by atoms with Crippen LogP contribution in [0.15, 0.2) is 53.1 Å². The van der Waals surface area contributed by atoms with Crippen LogP contribution < -0.4 is 4.74 Å². The van der Waals surface area contributed by atoms with Crippen LogP contribution in [0, 0.1) is 11.7 Å². The number of nitrogens with zero attached hydrogens (tertiary/aromatic N) is 1. The summed E-state index contributed by atoms with van der Waals surface area (Å²) in [4.78, 5) is 23.0. The quantitative estimate of drug-likeness (QED) is 0.572. The van der Waals surface area contributed by atoms with Crippen molar-refractivity contribution in [3.63, 3.8) is 0 Å². The van der Waals surface area contributed by atoms with Crippen LogP contribution in [-0.4, -0.2) is 22.0 Å². The summed E-state index contributed by atoms with van der Waals surface area (Å²) in [6, 6.07) is 12.4. The SMILES string of the molecule is CC(Oc1ccc(C(=O)C2CC2)cc1)c1cc(-c2ccc(C(=O)O)c(F)c2)no1. The van der Waals surface area contributed by atoms with Crippen molar-refractivity contribution in [2.24, 2.45) is 5.92 Å².